The first-order chi connectivity index (χ1) is 15.2. The van der Waals surface area contributed by atoms with Crippen LogP contribution in [0.1, 0.15) is 62.0 Å². The number of nitrogens with zero attached hydrogens (tertiary/aromatic N) is 4. The smallest absolute Gasteiger partial charge is 0.354 e. The molecule has 1 unspecified atom stereocenters. The van der Waals surface area contributed by atoms with Crippen molar-refractivity contribution in [2.24, 2.45) is 14.9 Å². The highest BCUT2D eigenvalue weighted by Crippen LogP contribution is 2.50. The maximum Gasteiger partial charge on any atom is 0.354 e. The zero-order chi connectivity index (χ0) is 22.3. The summed E-state index contributed by atoms with van der Waals surface area (Å²) in [5.74, 6) is 0.360. The number of aryl methyl sites for hydroxylation is 1. The average molecular weight is 457 g/mol. The fraction of sp³-hybridized carbons (Fsp3) is 0.591. The molecule has 3 N–H and O–H groups in total. The minimum Gasteiger partial charge on any atom is -0.476 e. The van der Waals surface area contributed by atoms with Gasteiger partial charge in [-0.1, -0.05) is 13.8 Å². The second-order valence-corrected chi connectivity index (χ2v) is 12.1. The van der Waals surface area contributed by atoms with Gasteiger partial charge >= 0.3 is 6.03 Å². The molecule has 0 radical (unpaired) electrons. The van der Waals surface area contributed by atoms with Gasteiger partial charge < -0.3 is 10.1 Å². The van der Waals surface area contributed by atoms with Crippen LogP contribution in [0.25, 0.3) is 0 Å². The van der Waals surface area contributed by atoms with Gasteiger partial charge in [0.15, 0.2) is 9.92 Å². The third-order valence-corrected chi connectivity index (χ3v) is 8.80. The first-order valence-corrected chi connectivity index (χ1v) is 12.9. The summed E-state index contributed by atoms with van der Waals surface area (Å²) in [5, 5.41) is 13.3. The summed E-state index contributed by atoms with van der Waals surface area (Å²) < 4.78 is 24.7. The van der Waals surface area contributed by atoms with Crippen LogP contribution in [0.15, 0.2) is 15.5 Å². The molecule has 170 valence electrons. The van der Waals surface area contributed by atoms with Crippen molar-refractivity contribution in [1.29, 1.82) is 0 Å². The van der Waals surface area contributed by atoms with E-state index < -0.39 is 15.9 Å². The summed E-state index contributed by atoms with van der Waals surface area (Å²) in [7, 11) is -3.51. The van der Waals surface area contributed by atoms with E-state index >= 15 is 0 Å². The Hall–Kier alpha value is -2.46. The number of hydrogen-bond donors (Lipinski definition) is 2. The Morgan fingerprint density at radius 1 is 1.25 bits per heavy atom. The fourth-order valence-electron chi connectivity index (χ4n) is 5.32. The van der Waals surface area contributed by atoms with Gasteiger partial charge in [-0.3, -0.25) is 4.98 Å². The molecular weight excluding hydrogens is 428 g/mol. The molecule has 10 heteroatoms. The maximum atomic E-state index is 13.3. The topological polar surface area (TPSA) is 124 Å². The number of nitrogens with two attached hydrogens (primary N) is 1. The highest BCUT2D eigenvalue weighted by molar-refractivity contribution is 7.91. The lowest BCUT2D eigenvalue weighted by molar-refractivity contribution is 0.144. The first-order valence-electron chi connectivity index (χ1n) is 11.3. The average Bonchev–Trinajstić information content (AvgIpc) is 3.08. The van der Waals surface area contributed by atoms with E-state index in [1.165, 1.54) is 6.20 Å². The molecule has 9 nitrogen and oxygen atoms in total. The van der Waals surface area contributed by atoms with Gasteiger partial charge in [0, 0.05) is 16.5 Å². The normalized spacial score (nSPS) is 23.0. The molecule has 1 spiro atoms. The predicted molar refractivity (Wildman–Crippen MR) is 119 cm³/mol. The van der Waals surface area contributed by atoms with E-state index in [9.17, 15) is 9.00 Å². The summed E-state index contributed by atoms with van der Waals surface area (Å²) in [5.41, 5.74) is 5.17. The van der Waals surface area contributed by atoms with E-state index in [-0.39, 0.29) is 15.7 Å². The third-order valence-electron chi connectivity index (χ3n) is 7.45. The third kappa shape index (κ3) is 3.07. The van der Waals surface area contributed by atoms with Crippen molar-refractivity contribution in [3.8, 4) is 5.88 Å². The number of amides is 2. The second kappa shape index (κ2) is 6.54. The Labute approximate surface area is 187 Å². The molecule has 6 rings (SSSR count). The summed E-state index contributed by atoms with van der Waals surface area (Å²) in [6.07, 6.45) is 8.24. The van der Waals surface area contributed by atoms with Crippen molar-refractivity contribution >= 4 is 21.6 Å². The molecule has 1 fully saturated rings. The van der Waals surface area contributed by atoms with Crippen LogP contribution in [-0.2, 0) is 41.1 Å². The quantitative estimate of drug-likeness (QED) is 0.718. The molecule has 0 aromatic carbocycles. The number of fused-ring (bicyclic) bond motifs is 3. The van der Waals surface area contributed by atoms with Crippen molar-refractivity contribution in [3.63, 3.8) is 0 Å². The van der Waals surface area contributed by atoms with E-state index in [0.717, 1.165) is 79.7 Å². The Balaban J connectivity index is 1.33. The second-order valence-electron chi connectivity index (χ2n) is 10.3. The van der Waals surface area contributed by atoms with Crippen LogP contribution in [0.5, 0.6) is 5.88 Å². The highest BCUT2D eigenvalue weighted by Gasteiger charge is 2.48. The zero-order valence-electron chi connectivity index (χ0n) is 18.4. The van der Waals surface area contributed by atoms with Crippen LogP contribution in [0, 0.1) is 5.41 Å². The van der Waals surface area contributed by atoms with Gasteiger partial charge in [0.25, 0.3) is 0 Å². The van der Waals surface area contributed by atoms with Gasteiger partial charge in [0.2, 0.25) is 5.88 Å². The van der Waals surface area contributed by atoms with Crippen molar-refractivity contribution in [1.82, 2.24) is 14.8 Å². The number of carbonyl (C=O) groups is 1. The van der Waals surface area contributed by atoms with E-state index in [1.54, 1.807) is 4.68 Å². The number of aromatic nitrogens is 3. The Kier molecular flexibility index (Phi) is 4.12. The number of carbonyl (C=O) groups excluding carboxylic acids is 1. The van der Waals surface area contributed by atoms with E-state index in [4.69, 9.17) is 14.9 Å². The largest absolute Gasteiger partial charge is 0.476 e. The molecule has 2 aromatic heterocycles. The number of ether oxygens (including phenoxy) is 1. The number of pyridine rings is 1. The van der Waals surface area contributed by atoms with Gasteiger partial charge in [-0.05, 0) is 56.1 Å². The van der Waals surface area contributed by atoms with Gasteiger partial charge in [-0.15, -0.1) is 4.36 Å². The van der Waals surface area contributed by atoms with Crippen molar-refractivity contribution in [2.45, 2.75) is 75.6 Å². The SMILES string of the molecule is CC1(C)CCc2c1nc1c(c2NC(=O)N=S(N)(=O)c2cnn3c2OCC2(CC2)C3)CCC1. The molecule has 1 atom stereocenters. The first kappa shape index (κ1) is 20.2. The minimum atomic E-state index is -3.51. The Bertz CT molecular complexity index is 1280. The lowest BCUT2D eigenvalue weighted by Gasteiger charge is -2.24. The molecular formula is C22H28N6O3S. The van der Waals surface area contributed by atoms with Gasteiger partial charge in [-0.2, -0.15) is 5.10 Å². The fourth-order valence-corrected chi connectivity index (χ4v) is 6.32. The lowest BCUT2D eigenvalue weighted by Crippen LogP contribution is -2.28. The van der Waals surface area contributed by atoms with E-state index in [1.807, 2.05) is 0 Å². The predicted octanol–water partition coefficient (Wildman–Crippen LogP) is 3.10. The monoisotopic (exact) mass is 456 g/mol. The van der Waals surface area contributed by atoms with Gasteiger partial charge in [-0.25, -0.2) is 18.8 Å². The van der Waals surface area contributed by atoms with Gasteiger partial charge in [0.05, 0.1) is 30.7 Å². The number of anilines is 1. The maximum absolute atomic E-state index is 13.3. The number of nitrogens with one attached hydrogen (secondary N) is 1. The van der Waals surface area contributed by atoms with Crippen molar-refractivity contribution < 1.29 is 13.7 Å². The van der Waals surface area contributed by atoms with Crippen molar-refractivity contribution in [2.75, 3.05) is 11.9 Å². The highest BCUT2D eigenvalue weighted by atomic mass is 32.2. The van der Waals surface area contributed by atoms with E-state index in [0.29, 0.717) is 12.5 Å². The van der Waals surface area contributed by atoms with Crippen LogP contribution in [0.2, 0.25) is 0 Å². The summed E-state index contributed by atoms with van der Waals surface area (Å²) in [6, 6.07) is -0.709. The van der Waals surface area contributed by atoms with Gasteiger partial charge in [0.1, 0.15) is 4.90 Å². The molecule has 2 amide bonds. The summed E-state index contributed by atoms with van der Waals surface area (Å²) in [4.78, 5) is 18.1. The molecule has 0 bridgehead atoms. The number of hydrogen-bond acceptors (Lipinski definition) is 5. The molecule has 1 saturated carbocycles. The van der Waals surface area contributed by atoms with Crippen LogP contribution in [-0.4, -0.2) is 31.6 Å². The number of urea groups is 1. The van der Waals surface area contributed by atoms with Crippen LogP contribution in [0.3, 0.4) is 0 Å². The molecule has 4 aliphatic rings. The molecule has 3 heterocycles. The molecule has 32 heavy (non-hydrogen) atoms. The molecule has 1 aliphatic heterocycles. The minimum absolute atomic E-state index is 0.0293. The standard InChI is InChI=1S/C22H28N6O3S/c1-21(2)7-6-14-17(13-4-3-5-15(13)25-18(14)21)26-20(29)27-32(23,30)16-10-24-28-11-22(8-9-22)12-31-19(16)28/h10H,3-9,11-12H2,1-2H3,(H3,23,25,26,27,29,30). The van der Waals surface area contributed by atoms with Crippen molar-refractivity contribution in [3.05, 3.63) is 28.7 Å². The summed E-state index contributed by atoms with van der Waals surface area (Å²) >= 11 is 0. The van der Waals surface area contributed by atoms with E-state index in [2.05, 4.69) is 28.6 Å². The van der Waals surface area contributed by atoms with Crippen LogP contribution >= 0.6 is 0 Å². The Morgan fingerprint density at radius 2 is 2.06 bits per heavy atom. The number of rotatable bonds is 2. The summed E-state index contributed by atoms with van der Waals surface area (Å²) in [6.45, 7) is 5.64. The molecule has 2 aromatic rings. The van der Waals surface area contributed by atoms with Crippen LogP contribution < -0.4 is 15.2 Å². The lowest BCUT2D eigenvalue weighted by atomic mass is 9.90. The molecule has 3 aliphatic carbocycles. The van der Waals surface area contributed by atoms with Crippen LogP contribution in [0.4, 0.5) is 10.5 Å². The molecule has 0 saturated heterocycles. The Morgan fingerprint density at radius 3 is 2.84 bits per heavy atom. The zero-order valence-corrected chi connectivity index (χ0v) is 19.3.